The maximum absolute atomic E-state index is 13.3. The zero-order chi connectivity index (χ0) is 23.0. The number of carbonyl (C=O) groups is 2. The minimum absolute atomic E-state index is 0.0202. The highest BCUT2D eigenvalue weighted by Gasteiger charge is 2.44. The Kier molecular flexibility index (Phi) is 5.55. The number of esters is 1. The van der Waals surface area contributed by atoms with Crippen molar-refractivity contribution in [2.24, 2.45) is 5.73 Å². The molecule has 2 aliphatic heterocycles. The largest absolute Gasteiger partial charge is 0.504 e. The van der Waals surface area contributed by atoms with Crippen molar-refractivity contribution < 1.29 is 24.2 Å². The number of hydrogen-bond acceptors (Lipinski definition) is 8. The lowest BCUT2D eigenvalue weighted by Crippen LogP contribution is -2.42. The van der Waals surface area contributed by atoms with Crippen molar-refractivity contribution >= 4 is 23.6 Å². The topological polar surface area (TPSA) is 126 Å². The fourth-order valence-corrected chi connectivity index (χ4v) is 4.94. The molecule has 1 atom stereocenters. The van der Waals surface area contributed by atoms with Gasteiger partial charge in [0.2, 0.25) is 0 Å². The summed E-state index contributed by atoms with van der Waals surface area (Å²) < 4.78 is 10.4. The Morgan fingerprint density at radius 1 is 1.31 bits per heavy atom. The van der Waals surface area contributed by atoms with Gasteiger partial charge in [-0.3, -0.25) is 9.69 Å². The van der Waals surface area contributed by atoms with E-state index >= 15 is 0 Å². The fourth-order valence-electron chi connectivity index (χ4n) is 3.78. The second kappa shape index (κ2) is 8.32. The van der Waals surface area contributed by atoms with Crippen LogP contribution in [0.4, 0.5) is 0 Å². The number of benzene rings is 2. The summed E-state index contributed by atoms with van der Waals surface area (Å²) in [4.78, 5) is 28.2. The lowest BCUT2D eigenvalue weighted by atomic mass is 9.82. The average Bonchev–Trinajstić information content (AvgIpc) is 2.79. The highest BCUT2D eigenvalue weighted by atomic mass is 32.2. The highest BCUT2D eigenvalue weighted by molar-refractivity contribution is 8.03. The first-order valence-electron chi connectivity index (χ1n) is 9.72. The van der Waals surface area contributed by atoms with Crippen molar-refractivity contribution in [1.29, 1.82) is 5.26 Å². The molecule has 4 rings (SSSR count). The summed E-state index contributed by atoms with van der Waals surface area (Å²) in [6.07, 6.45) is 0. The van der Waals surface area contributed by atoms with Gasteiger partial charge in [0.05, 0.1) is 42.4 Å². The molecule has 9 heteroatoms. The Hall–Kier alpha value is -3.90. The van der Waals surface area contributed by atoms with Gasteiger partial charge in [0, 0.05) is 4.90 Å². The van der Waals surface area contributed by atoms with Gasteiger partial charge in [0.25, 0.3) is 5.91 Å². The maximum Gasteiger partial charge on any atom is 0.338 e. The van der Waals surface area contributed by atoms with Gasteiger partial charge in [-0.15, -0.1) is 0 Å². The van der Waals surface area contributed by atoms with Crippen LogP contribution in [0.3, 0.4) is 0 Å². The highest BCUT2D eigenvalue weighted by Crippen LogP contribution is 2.50. The van der Waals surface area contributed by atoms with Gasteiger partial charge in [0.15, 0.2) is 11.5 Å². The normalized spacial score (nSPS) is 17.5. The van der Waals surface area contributed by atoms with Gasteiger partial charge in [-0.2, -0.15) is 5.26 Å². The zero-order valence-corrected chi connectivity index (χ0v) is 18.1. The molecule has 0 fully saturated rings. The third-order valence-electron chi connectivity index (χ3n) is 5.21. The molecule has 162 valence electrons. The third-order valence-corrected chi connectivity index (χ3v) is 6.38. The molecule has 0 aromatic heterocycles. The van der Waals surface area contributed by atoms with Crippen LogP contribution in [-0.2, 0) is 9.53 Å². The number of fused-ring (bicyclic) bond motifs is 2. The second-order valence-electron chi connectivity index (χ2n) is 6.95. The fraction of sp³-hybridized carbons (Fsp3) is 0.174. The van der Waals surface area contributed by atoms with E-state index in [2.05, 4.69) is 6.07 Å². The average molecular weight is 449 g/mol. The molecule has 2 aliphatic rings. The van der Waals surface area contributed by atoms with Gasteiger partial charge in [-0.25, -0.2) is 4.79 Å². The van der Waals surface area contributed by atoms with E-state index in [0.29, 0.717) is 21.1 Å². The lowest BCUT2D eigenvalue weighted by molar-refractivity contribution is -0.138. The number of methoxy groups -OCH3 is 1. The quantitative estimate of drug-likeness (QED) is 0.682. The van der Waals surface area contributed by atoms with Crippen molar-refractivity contribution in [3.8, 4) is 17.6 Å². The van der Waals surface area contributed by atoms with E-state index in [1.54, 1.807) is 37.3 Å². The van der Waals surface area contributed by atoms with Gasteiger partial charge >= 0.3 is 5.97 Å². The van der Waals surface area contributed by atoms with Crippen LogP contribution in [0, 0.1) is 11.3 Å². The molecule has 1 amide bonds. The number of nitrogens with two attached hydrogens (primary N) is 1. The van der Waals surface area contributed by atoms with Gasteiger partial charge < -0.3 is 20.3 Å². The van der Waals surface area contributed by atoms with E-state index in [1.165, 1.54) is 35.9 Å². The monoisotopic (exact) mass is 449 g/mol. The van der Waals surface area contributed by atoms with Gasteiger partial charge in [0.1, 0.15) is 10.9 Å². The van der Waals surface area contributed by atoms with Gasteiger partial charge in [-0.05, 0) is 36.8 Å². The molecular formula is C23H19N3O5S. The molecule has 0 spiro atoms. The van der Waals surface area contributed by atoms with Crippen molar-refractivity contribution in [3.05, 3.63) is 75.6 Å². The van der Waals surface area contributed by atoms with Crippen LogP contribution >= 0.6 is 11.8 Å². The van der Waals surface area contributed by atoms with Crippen molar-refractivity contribution in [2.75, 3.05) is 13.7 Å². The number of thioether (sulfide) groups is 1. The number of aromatic hydroxyl groups is 1. The van der Waals surface area contributed by atoms with E-state index < -0.39 is 17.8 Å². The first-order chi connectivity index (χ1) is 15.4. The van der Waals surface area contributed by atoms with Crippen LogP contribution in [0.1, 0.15) is 28.8 Å². The van der Waals surface area contributed by atoms with Crippen LogP contribution < -0.4 is 10.5 Å². The Bertz CT molecular complexity index is 1240. The standard InChI is InChI=1S/C23H19N3O5S/c1-3-31-23(29)19-18(12-8-9-15(27)16(10-12)30-2)14(11-24)22-26(20(19)25)21(28)13-6-4-5-7-17(13)32-22/h4-10,18,27H,3,25H2,1-2H3. The molecule has 0 radical (unpaired) electrons. The number of amides is 1. The number of carbonyl (C=O) groups excluding carboxylic acids is 2. The first-order valence-corrected chi connectivity index (χ1v) is 10.5. The molecule has 8 nitrogen and oxygen atoms in total. The van der Waals surface area contributed by atoms with Gasteiger partial charge in [-0.1, -0.05) is 30.0 Å². The van der Waals surface area contributed by atoms with Crippen molar-refractivity contribution in [1.82, 2.24) is 4.90 Å². The number of nitriles is 1. The van der Waals surface area contributed by atoms with Crippen molar-refractivity contribution in [3.63, 3.8) is 0 Å². The summed E-state index contributed by atoms with van der Waals surface area (Å²) in [6, 6.07) is 13.7. The smallest absolute Gasteiger partial charge is 0.338 e. The molecular weight excluding hydrogens is 430 g/mol. The van der Waals surface area contributed by atoms with E-state index in [-0.39, 0.29) is 35.1 Å². The summed E-state index contributed by atoms with van der Waals surface area (Å²) in [5.41, 5.74) is 7.47. The number of nitrogens with zero attached hydrogens (tertiary/aromatic N) is 2. The summed E-state index contributed by atoms with van der Waals surface area (Å²) in [6.45, 7) is 1.74. The Morgan fingerprint density at radius 3 is 2.75 bits per heavy atom. The Balaban J connectivity index is 2.00. The molecule has 2 aromatic carbocycles. The lowest BCUT2D eigenvalue weighted by Gasteiger charge is -2.38. The van der Waals surface area contributed by atoms with E-state index in [9.17, 15) is 20.0 Å². The maximum atomic E-state index is 13.3. The molecule has 2 aromatic rings. The molecule has 2 heterocycles. The zero-order valence-electron chi connectivity index (χ0n) is 17.3. The minimum atomic E-state index is -0.912. The third kappa shape index (κ3) is 3.25. The number of phenols is 1. The molecule has 0 saturated heterocycles. The molecule has 0 aliphatic carbocycles. The SMILES string of the molecule is CCOC(=O)C1=C(N)N2C(=O)c3ccccc3SC2=C(C#N)C1c1ccc(O)c(OC)c1. The minimum Gasteiger partial charge on any atom is -0.504 e. The number of ether oxygens (including phenoxy) is 2. The number of rotatable bonds is 4. The number of allylic oxidation sites excluding steroid dienone is 1. The summed E-state index contributed by atoms with van der Waals surface area (Å²) in [5.74, 6) is -2.09. The van der Waals surface area contributed by atoms with Crippen LogP contribution in [0.5, 0.6) is 11.5 Å². The van der Waals surface area contributed by atoms with Crippen LogP contribution in [0.2, 0.25) is 0 Å². The Labute approximate surface area is 188 Å². The van der Waals surface area contributed by atoms with Crippen LogP contribution in [0.25, 0.3) is 0 Å². The van der Waals surface area contributed by atoms with E-state index in [0.717, 1.165) is 0 Å². The predicted molar refractivity (Wildman–Crippen MR) is 116 cm³/mol. The molecule has 0 saturated carbocycles. The van der Waals surface area contributed by atoms with E-state index in [4.69, 9.17) is 15.2 Å². The molecule has 3 N–H and O–H groups in total. The molecule has 0 bridgehead atoms. The Morgan fingerprint density at radius 2 is 2.06 bits per heavy atom. The van der Waals surface area contributed by atoms with Crippen LogP contribution in [-0.4, -0.2) is 35.6 Å². The van der Waals surface area contributed by atoms with Crippen molar-refractivity contribution in [2.45, 2.75) is 17.7 Å². The molecule has 1 unspecified atom stereocenters. The summed E-state index contributed by atoms with van der Waals surface area (Å²) in [5, 5.41) is 20.5. The second-order valence-corrected chi connectivity index (χ2v) is 7.98. The predicted octanol–water partition coefficient (Wildman–Crippen LogP) is 3.21. The first kappa shape index (κ1) is 21.3. The van der Waals surface area contributed by atoms with E-state index in [1.807, 2.05) is 0 Å². The van der Waals surface area contributed by atoms with Crippen LogP contribution in [0.15, 0.2) is 69.4 Å². The number of hydrogen-bond donors (Lipinski definition) is 2. The number of phenolic OH excluding ortho intramolecular Hbond substituents is 1. The molecule has 32 heavy (non-hydrogen) atoms. The summed E-state index contributed by atoms with van der Waals surface area (Å²) in [7, 11) is 1.40. The summed E-state index contributed by atoms with van der Waals surface area (Å²) >= 11 is 1.24.